The molecule has 3 unspecified atom stereocenters. The van der Waals surface area contributed by atoms with Crippen LogP contribution >= 0.6 is 11.8 Å². The number of ether oxygens (including phenoxy) is 1. The molecular weight excluding hydrogens is 466 g/mol. The molecule has 1 amide bonds. The summed E-state index contributed by atoms with van der Waals surface area (Å²) in [5.74, 6) is -0.814. The van der Waals surface area contributed by atoms with Gasteiger partial charge in [0.05, 0.1) is 26.4 Å². The van der Waals surface area contributed by atoms with Crippen molar-refractivity contribution in [1.29, 1.82) is 0 Å². The summed E-state index contributed by atoms with van der Waals surface area (Å²) in [5, 5.41) is 21.4. The third kappa shape index (κ3) is 5.82. The summed E-state index contributed by atoms with van der Waals surface area (Å²) in [5.41, 5.74) is 4.41. The Hall–Kier alpha value is -2.35. The van der Waals surface area contributed by atoms with Gasteiger partial charge >= 0.3 is 17.3 Å². The van der Waals surface area contributed by atoms with E-state index in [0.29, 0.717) is 12.5 Å². The van der Waals surface area contributed by atoms with Crippen LogP contribution in [0.3, 0.4) is 0 Å². The number of hydrogen-bond acceptors (Lipinski definition) is 9. The van der Waals surface area contributed by atoms with Crippen molar-refractivity contribution in [2.24, 2.45) is 11.7 Å². The van der Waals surface area contributed by atoms with Crippen molar-refractivity contribution in [3.63, 3.8) is 0 Å². The summed E-state index contributed by atoms with van der Waals surface area (Å²) in [7, 11) is 1.15. The summed E-state index contributed by atoms with van der Waals surface area (Å²) in [6, 6.07) is -2.07. The zero-order valence-electron chi connectivity index (χ0n) is 19.2. The van der Waals surface area contributed by atoms with Crippen LogP contribution in [0.15, 0.2) is 21.7 Å². The smallest absolute Gasteiger partial charge is 0.349 e. The number of aromatic nitrogens is 3. The first-order valence-corrected chi connectivity index (χ1v) is 12.5. The maximum absolute atomic E-state index is 13.3. The van der Waals surface area contributed by atoms with Crippen molar-refractivity contribution >= 4 is 23.6 Å². The number of aliphatic hydroxyl groups is 2. The number of methoxy groups -OCH3 is 1. The number of allylic oxidation sites excluding steroid dienone is 1. The molecule has 3 atom stereocenters. The molecular formula is C21H33N5O7S. The fraction of sp³-hybridized carbons (Fsp3) is 0.714. The Labute approximate surface area is 200 Å². The minimum Gasteiger partial charge on any atom is -0.467 e. The van der Waals surface area contributed by atoms with Crippen LogP contribution < -0.4 is 22.4 Å². The van der Waals surface area contributed by atoms with E-state index < -0.39 is 48.1 Å². The molecule has 12 nitrogen and oxygen atoms in total. The van der Waals surface area contributed by atoms with E-state index in [2.05, 4.69) is 5.32 Å². The van der Waals surface area contributed by atoms with E-state index >= 15 is 0 Å². The second-order valence-corrected chi connectivity index (χ2v) is 9.75. The molecule has 0 bridgehead atoms. The number of nitrogens with two attached hydrogens (primary N) is 1. The van der Waals surface area contributed by atoms with Gasteiger partial charge in [-0.25, -0.2) is 28.3 Å². The maximum Gasteiger partial charge on any atom is 0.349 e. The van der Waals surface area contributed by atoms with E-state index in [0.717, 1.165) is 58.5 Å². The van der Waals surface area contributed by atoms with Crippen molar-refractivity contribution in [2.75, 3.05) is 31.8 Å². The second-order valence-electron chi connectivity index (χ2n) is 8.67. The first-order valence-electron chi connectivity index (χ1n) is 11.4. The molecule has 1 aromatic rings. The van der Waals surface area contributed by atoms with Crippen LogP contribution in [0.1, 0.15) is 37.8 Å². The summed E-state index contributed by atoms with van der Waals surface area (Å²) in [4.78, 5) is 51.7. The van der Waals surface area contributed by atoms with Gasteiger partial charge in [0.1, 0.15) is 6.04 Å². The SMILES string of the molecule is COC(=O)C(CSCC(O)CO)n1c(=O)n2n(c1=O)C(C(=O)NCC1CCC(N)CC1)C=CC2. The summed E-state index contributed by atoms with van der Waals surface area (Å²) in [6.07, 6.45) is 5.87. The summed E-state index contributed by atoms with van der Waals surface area (Å²) >= 11 is 1.10. The minimum atomic E-state index is -1.25. The molecule has 34 heavy (non-hydrogen) atoms. The monoisotopic (exact) mass is 499 g/mol. The van der Waals surface area contributed by atoms with Gasteiger partial charge in [0, 0.05) is 24.1 Å². The van der Waals surface area contributed by atoms with Crippen molar-refractivity contribution in [2.45, 2.75) is 56.5 Å². The molecule has 1 saturated carbocycles. The molecule has 2 aliphatic rings. The van der Waals surface area contributed by atoms with Gasteiger partial charge in [-0.05, 0) is 31.6 Å². The third-order valence-corrected chi connectivity index (χ3v) is 7.43. The highest BCUT2D eigenvalue weighted by atomic mass is 32.2. The number of hydrogen-bond donors (Lipinski definition) is 4. The third-order valence-electron chi connectivity index (χ3n) is 6.26. The predicted octanol–water partition coefficient (Wildman–Crippen LogP) is -1.64. The van der Waals surface area contributed by atoms with Crippen LogP contribution in [-0.2, 0) is 20.9 Å². The van der Waals surface area contributed by atoms with Crippen LogP contribution in [0.2, 0.25) is 0 Å². The van der Waals surface area contributed by atoms with Gasteiger partial charge in [-0.1, -0.05) is 12.2 Å². The lowest BCUT2D eigenvalue weighted by atomic mass is 9.86. The van der Waals surface area contributed by atoms with Gasteiger partial charge in [0.25, 0.3) is 0 Å². The Balaban J connectivity index is 1.81. The summed E-state index contributed by atoms with van der Waals surface area (Å²) < 4.78 is 7.79. The van der Waals surface area contributed by atoms with Crippen molar-refractivity contribution in [3.8, 4) is 0 Å². The first kappa shape index (κ1) is 26.3. The number of nitrogens with zero attached hydrogens (tertiary/aromatic N) is 3. The van der Waals surface area contributed by atoms with Crippen LogP contribution in [-0.4, -0.2) is 79.9 Å². The van der Waals surface area contributed by atoms with Gasteiger partial charge in [-0.2, -0.15) is 11.8 Å². The van der Waals surface area contributed by atoms with E-state index in [1.165, 1.54) is 0 Å². The molecule has 2 heterocycles. The highest BCUT2D eigenvalue weighted by molar-refractivity contribution is 7.99. The zero-order valence-corrected chi connectivity index (χ0v) is 20.0. The average Bonchev–Trinajstić information content (AvgIpc) is 3.10. The fourth-order valence-corrected chi connectivity index (χ4v) is 5.30. The van der Waals surface area contributed by atoms with Crippen molar-refractivity contribution in [3.05, 3.63) is 33.1 Å². The normalized spacial score (nSPS) is 23.7. The fourth-order valence-electron chi connectivity index (χ4n) is 4.28. The van der Waals surface area contributed by atoms with E-state index in [1.54, 1.807) is 12.2 Å². The van der Waals surface area contributed by atoms with E-state index in [4.69, 9.17) is 15.6 Å². The van der Waals surface area contributed by atoms with Gasteiger partial charge in [0.15, 0.2) is 6.04 Å². The lowest BCUT2D eigenvalue weighted by Gasteiger charge is -2.27. The van der Waals surface area contributed by atoms with E-state index in [1.807, 2.05) is 0 Å². The molecule has 0 radical (unpaired) electrons. The van der Waals surface area contributed by atoms with E-state index in [9.17, 15) is 24.3 Å². The van der Waals surface area contributed by atoms with Gasteiger partial charge < -0.3 is 26.0 Å². The van der Waals surface area contributed by atoms with Crippen LogP contribution in [0.25, 0.3) is 0 Å². The number of fused-ring (bicyclic) bond motifs is 1. The number of rotatable bonds is 10. The standard InChI is InChI=1S/C21H33N5O7S/c1-33-19(30)17(12-34-11-15(28)10-27)25-20(31)24-8-2-3-16(26(24)21(25)32)18(29)23-9-13-4-6-14(22)7-5-13/h2-3,13-17,27-28H,4-12,22H2,1H3,(H,23,29). The van der Waals surface area contributed by atoms with Crippen molar-refractivity contribution in [1.82, 2.24) is 19.2 Å². The van der Waals surface area contributed by atoms with Crippen molar-refractivity contribution < 1.29 is 24.5 Å². The number of nitrogens with one attached hydrogen (secondary N) is 1. The molecule has 1 fully saturated rings. The second kappa shape index (κ2) is 11.9. The quantitative estimate of drug-likeness (QED) is 0.218. The molecule has 5 N–H and O–H groups in total. The van der Waals surface area contributed by atoms with Gasteiger partial charge in [-0.15, -0.1) is 0 Å². The minimum absolute atomic E-state index is 0.0308. The lowest BCUT2D eigenvalue weighted by molar-refractivity contribution is -0.144. The zero-order chi connectivity index (χ0) is 24.8. The number of carbonyl (C=O) groups excluding carboxylic acids is 2. The molecule has 0 spiro atoms. The van der Waals surface area contributed by atoms with Crippen LogP contribution in [0.4, 0.5) is 0 Å². The predicted molar refractivity (Wildman–Crippen MR) is 126 cm³/mol. The molecule has 3 rings (SSSR count). The van der Waals surface area contributed by atoms with Crippen LogP contribution in [0.5, 0.6) is 0 Å². The molecule has 1 aromatic heterocycles. The average molecular weight is 500 g/mol. The van der Waals surface area contributed by atoms with Gasteiger partial charge in [-0.3, -0.25) is 4.79 Å². The molecule has 1 aliphatic heterocycles. The number of esters is 1. The van der Waals surface area contributed by atoms with E-state index in [-0.39, 0.29) is 24.1 Å². The molecule has 190 valence electrons. The maximum atomic E-state index is 13.3. The Bertz CT molecular complexity index is 1010. The number of aliphatic hydroxyl groups excluding tert-OH is 2. The number of amides is 1. The largest absolute Gasteiger partial charge is 0.467 e. The van der Waals surface area contributed by atoms with Crippen LogP contribution in [0, 0.1) is 5.92 Å². The Morgan fingerprint density at radius 1 is 1.24 bits per heavy atom. The van der Waals surface area contributed by atoms with Gasteiger partial charge in [0.2, 0.25) is 5.91 Å². The Kier molecular flexibility index (Phi) is 9.17. The highest BCUT2D eigenvalue weighted by Gasteiger charge is 2.34. The Morgan fingerprint density at radius 3 is 2.59 bits per heavy atom. The topological polar surface area (TPSA) is 171 Å². The summed E-state index contributed by atoms with van der Waals surface area (Å²) in [6.45, 7) is 0.0922. The lowest BCUT2D eigenvalue weighted by Crippen LogP contribution is -2.43. The molecule has 1 aliphatic carbocycles. The number of thioether (sulfide) groups is 1. The molecule has 0 aromatic carbocycles. The first-order chi connectivity index (χ1) is 16.3. The molecule has 13 heteroatoms. The Morgan fingerprint density at radius 2 is 1.94 bits per heavy atom. The molecule has 0 saturated heterocycles. The number of carbonyl (C=O) groups is 2. The highest BCUT2D eigenvalue weighted by Crippen LogP contribution is 2.23.